The largest absolute Gasteiger partial charge is 0.391 e. The molecule has 1 N–H and O–H groups in total. The molecule has 0 amide bonds. The van der Waals surface area contributed by atoms with E-state index in [1.165, 1.54) is 44.9 Å². The molecule has 0 heterocycles. The highest BCUT2D eigenvalue weighted by Crippen LogP contribution is 2.02. The van der Waals surface area contributed by atoms with Crippen LogP contribution in [-0.4, -0.2) is 6.54 Å². The van der Waals surface area contributed by atoms with Crippen molar-refractivity contribution < 1.29 is 0 Å². The Labute approximate surface area is 83.6 Å². The molecule has 78 valence electrons. The van der Waals surface area contributed by atoms with Gasteiger partial charge < -0.3 is 5.32 Å². The monoisotopic (exact) mass is 183 g/mol. The van der Waals surface area contributed by atoms with E-state index < -0.39 is 0 Å². The fraction of sp³-hybridized carbons (Fsp3) is 0.833. The first-order chi connectivity index (χ1) is 6.41. The molecule has 1 nitrogen and oxygen atoms in total. The molecule has 0 aromatic heterocycles. The zero-order valence-electron chi connectivity index (χ0n) is 9.31. The maximum Gasteiger partial charge on any atom is 0.0141 e. The van der Waals surface area contributed by atoms with Gasteiger partial charge in [-0.15, -0.1) is 0 Å². The average Bonchev–Trinajstić information content (AvgIpc) is 2.16. The van der Waals surface area contributed by atoms with Crippen LogP contribution in [0.1, 0.15) is 58.8 Å². The molecule has 0 aromatic carbocycles. The fourth-order valence-electron chi connectivity index (χ4n) is 1.22. The van der Waals surface area contributed by atoms with E-state index in [2.05, 4.69) is 31.4 Å². The Bertz CT molecular complexity index is 108. The van der Waals surface area contributed by atoms with Gasteiger partial charge in [-0.05, 0) is 25.5 Å². The van der Waals surface area contributed by atoms with Gasteiger partial charge in [0.2, 0.25) is 0 Å². The minimum atomic E-state index is 1.13. The number of allylic oxidation sites excluding steroid dienone is 1. The van der Waals surface area contributed by atoms with E-state index in [0.29, 0.717) is 0 Å². The van der Waals surface area contributed by atoms with Gasteiger partial charge in [0.1, 0.15) is 0 Å². The molecular formula is C12H25N. The number of hydrogen-bond donors (Lipinski definition) is 1. The summed E-state index contributed by atoms with van der Waals surface area (Å²) in [5.74, 6) is 0. The molecule has 0 aliphatic carbocycles. The quantitative estimate of drug-likeness (QED) is 0.535. The first kappa shape index (κ1) is 12.5. The summed E-state index contributed by atoms with van der Waals surface area (Å²) in [6.45, 7) is 5.60. The minimum Gasteiger partial charge on any atom is -0.391 e. The lowest BCUT2D eigenvalue weighted by Gasteiger charge is -1.97. The molecule has 0 spiro atoms. The van der Waals surface area contributed by atoms with E-state index in [1.54, 1.807) is 0 Å². The van der Waals surface area contributed by atoms with Crippen molar-refractivity contribution in [2.75, 3.05) is 6.54 Å². The lowest BCUT2D eigenvalue weighted by Crippen LogP contribution is -2.05. The number of nitrogens with one attached hydrogen (secondary N) is 1. The van der Waals surface area contributed by atoms with Gasteiger partial charge in [-0.3, -0.25) is 0 Å². The Kier molecular flexibility index (Phi) is 11.1. The Morgan fingerprint density at radius 3 is 2.38 bits per heavy atom. The number of rotatable bonds is 9. The normalized spacial score (nSPS) is 10.9. The third kappa shape index (κ3) is 11.5. The summed E-state index contributed by atoms with van der Waals surface area (Å²) in [5.41, 5.74) is 0. The maximum absolute atomic E-state index is 3.30. The van der Waals surface area contributed by atoms with Crippen molar-refractivity contribution in [3.8, 4) is 0 Å². The highest BCUT2D eigenvalue weighted by atomic mass is 14.8. The molecule has 0 saturated heterocycles. The highest BCUT2D eigenvalue weighted by Gasteiger charge is 1.84. The zero-order chi connectivity index (χ0) is 9.78. The Morgan fingerprint density at radius 2 is 1.69 bits per heavy atom. The lowest BCUT2D eigenvalue weighted by molar-refractivity contribution is 0.671. The van der Waals surface area contributed by atoms with Crippen LogP contribution in [0.15, 0.2) is 12.3 Å². The van der Waals surface area contributed by atoms with Gasteiger partial charge in [0, 0.05) is 6.54 Å². The molecule has 0 radical (unpaired) electrons. The molecule has 1 heteroatoms. The number of hydrogen-bond acceptors (Lipinski definition) is 1. The summed E-state index contributed by atoms with van der Waals surface area (Å²) >= 11 is 0. The summed E-state index contributed by atoms with van der Waals surface area (Å²) in [6.07, 6.45) is 13.6. The molecule has 0 aromatic rings. The van der Waals surface area contributed by atoms with Crippen LogP contribution in [0.4, 0.5) is 0 Å². The molecule has 0 unspecified atom stereocenters. The van der Waals surface area contributed by atoms with E-state index in [1.807, 2.05) is 0 Å². The van der Waals surface area contributed by atoms with Gasteiger partial charge >= 0.3 is 0 Å². The van der Waals surface area contributed by atoms with Crippen LogP contribution >= 0.6 is 0 Å². The van der Waals surface area contributed by atoms with E-state index in [0.717, 1.165) is 6.54 Å². The third-order valence-corrected chi connectivity index (χ3v) is 2.13. The minimum absolute atomic E-state index is 1.13. The van der Waals surface area contributed by atoms with Crippen molar-refractivity contribution in [2.45, 2.75) is 58.8 Å². The Morgan fingerprint density at radius 1 is 0.923 bits per heavy atom. The summed E-state index contributed by atoms with van der Waals surface area (Å²) in [5, 5.41) is 3.30. The molecule has 0 bridgehead atoms. The third-order valence-electron chi connectivity index (χ3n) is 2.13. The van der Waals surface area contributed by atoms with Gasteiger partial charge in [-0.1, -0.05) is 45.6 Å². The van der Waals surface area contributed by atoms with Crippen molar-refractivity contribution in [3.05, 3.63) is 12.3 Å². The molecule has 0 atom stereocenters. The maximum atomic E-state index is 3.30. The smallest absolute Gasteiger partial charge is 0.0141 e. The number of unbranched alkanes of at least 4 members (excludes halogenated alkanes) is 5. The molecule has 0 aliphatic heterocycles. The fourth-order valence-corrected chi connectivity index (χ4v) is 1.22. The van der Waals surface area contributed by atoms with Gasteiger partial charge in [-0.25, -0.2) is 0 Å². The second kappa shape index (κ2) is 11.5. The van der Waals surface area contributed by atoms with E-state index in [4.69, 9.17) is 0 Å². The molecule has 0 aliphatic rings. The van der Waals surface area contributed by atoms with Crippen molar-refractivity contribution in [1.29, 1.82) is 0 Å². The average molecular weight is 183 g/mol. The van der Waals surface area contributed by atoms with Crippen LogP contribution in [0.5, 0.6) is 0 Å². The summed E-state index contributed by atoms with van der Waals surface area (Å²) in [7, 11) is 0. The van der Waals surface area contributed by atoms with Crippen LogP contribution in [-0.2, 0) is 0 Å². The predicted octanol–water partition coefficient (Wildman–Crippen LogP) is 3.86. The van der Waals surface area contributed by atoms with Crippen LogP contribution in [0, 0.1) is 0 Å². The molecule has 13 heavy (non-hydrogen) atoms. The van der Waals surface area contributed by atoms with Gasteiger partial charge in [-0.2, -0.15) is 0 Å². The van der Waals surface area contributed by atoms with Crippen LogP contribution in [0.2, 0.25) is 0 Å². The van der Waals surface area contributed by atoms with Crippen molar-refractivity contribution in [1.82, 2.24) is 5.32 Å². The van der Waals surface area contributed by atoms with Crippen molar-refractivity contribution in [2.24, 2.45) is 0 Å². The van der Waals surface area contributed by atoms with Crippen molar-refractivity contribution >= 4 is 0 Å². The first-order valence-electron chi connectivity index (χ1n) is 5.80. The summed E-state index contributed by atoms with van der Waals surface area (Å²) in [6, 6.07) is 0. The lowest BCUT2D eigenvalue weighted by atomic mass is 10.1. The second-order valence-electron chi connectivity index (χ2n) is 3.56. The van der Waals surface area contributed by atoms with Gasteiger partial charge in [0.25, 0.3) is 0 Å². The van der Waals surface area contributed by atoms with Crippen LogP contribution in [0.25, 0.3) is 0 Å². The van der Waals surface area contributed by atoms with Crippen LogP contribution in [0.3, 0.4) is 0 Å². The van der Waals surface area contributed by atoms with Crippen molar-refractivity contribution in [3.63, 3.8) is 0 Å². The van der Waals surface area contributed by atoms with Gasteiger partial charge in [0.05, 0.1) is 0 Å². The first-order valence-corrected chi connectivity index (χ1v) is 5.80. The van der Waals surface area contributed by atoms with E-state index >= 15 is 0 Å². The predicted molar refractivity (Wildman–Crippen MR) is 60.8 cm³/mol. The molecule has 0 saturated carbocycles. The SMILES string of the molecule is CCCCCCC=CNCCCC. The van der Waals surface area contributed by atoms with Crippen LogP contribution < -0.4 is 5.32 Å². The summed E-state index contributed by atoms with van der Waals surface area (Å²) in [4.78, 5) is 0. The molecule has 0 fully saturated rings. The topological polar surface area (TPSA) is 12.0 Å². The zero-order valence-corrected chi connectivity index (χ0v) is 9.31. The Balaban J connectivity index is 2.95. The Hall–Kier alpha value is -0.460. The van der Waals surface area contributed by atoms with E-state index in [9.17, 15) is 0 Å². The standard InChI is InChI=1S/C12H25N/c1-3-5-7-8-9-10-12-13-11-6-4-2/h10,12-13H,3-9,11H2,1-2H3. The summed E-state index contributed by atoms with van der Waals surface area (Å²) < 4.78 is 0. The van der Waals surface area contributed by atoms with Gasteiger partial charge in [0.15, 0.2) is 0 Å². The van der Waals surface area contributed by atoms with E-state index in [-0.39, 0.29) is 0 Å². The highest BCUT2D eigenvalue weighted by molar-refractivity contribution is 4.78. The molecule has 0 rings (SSSR count). The second-order valence-corrected chi connectivity index (χ2v) is 3.56. The molecular weight excluding hydrogens is 158 g/mol.